The van der Waals surface area contributed by atoms with Crippen LogP contribution in [0.5, 0.6) is 0 Å². The number of amides is 2. The summed E-state index contributed by atoms with van der Waals surface area (Å²) in [5.41, 5.74) is 3.91. The first-order chi connectivity index (χ1) is 22.0. The molecule has 3 aliphatic rings. The number of nitrogens with zero attached hydrogens (tertiary/aromatic N) is 3. The Morgan fingerprint density at radius 2 is 1.74 bits per heavy atom. The summed E-state index contributed by atoms with van der Waals surface area (Å²) in [5, 5.41) is 11.6. The number of pyridine rings is 1. The largest absolute Gasteiger partial charge is 0.454 e. The van der Waals surface area contributed by atoms with Gasteiger partial charge in [0.05, 0.1) is 39.2 Å². The molecule has 2 heterocycles. The summed E-state index contributed by atoms with van der Waals surface area (Å²) in [5.74, 6) is -2.09. The molecule has 7 rings (SSSR count). The highest BCUT2D eigenvalue weighted by Gasteiger charge is 2.60. The molecule has 2 fully saturated rings. The molecule has 3 aromatic carbocycles. The number of anilines is 1. The number of carbonyl (C=O) groups is 4. The topological polar surface area (TPSA) is 137 Å². The van der Waals surface area contributed by atoms with Gasteiger partial charge in [-0.05, 0) is 74.6 Å². The van der Waals surface area contributed by atoms with E-state index < -0.39 is 29.0 Å². The number of halogens is 1. The zero-order valence-corrected chi connectivity index (χ0v) is 25.5. The van der Waals surface area contributed by atoms with Crippen molar-refractivity contribution >= 4 is 57.4 Å². The quantitative estimate of drug-likeness (QED) is 0.0559. The number of nitro groups is 1. The molecule has 2 bridgehead atoms. The van der Waals surface area contributed by atoms with Crippen molar-refractivity contribution in [2.75, 3.05) is 11.5 Å². The van der Waals surface area contributed by atoms with Crippen molar-refractivity contribution in [3.63, 3.8) is 0 Å². The molecule has 0 radical (unpaired) electrons. The van der Waals surface area contributed by atoms with Crippen molar-refractivity contribution in [2.45, 2.75) is 20.3 Å². The second kappa shape index (κ2) is 11.0. The van der Waals surface area contributed by atoms with Gasteiger partial charge in [-0.1, -0.05) is 47.0 Å². The van der Waals surface area contributed by atoms with Crippen molar-refractivity contribution in [1.82, 2.24) is 4.98 Å². The summed E-state index contributed by atoms with van der Waals surface area (Å²) in [4.78, 5) is 69.5. The first kappa shape index (κ1) is 29.5. The molecule has 4 unspecified atom stereocenters. The molecular weight excluding hydrogens is 610 g/mol. The van der Waals surface area contributed by atoms with Gasteiger partial charge in [-0.15, -0.1) is 0 Å². The van der Waals surface area contributed by atoms with Crippen LogP contribution in [0.1, 0.15) is 39.6 Å². The summed E-state index contributed by atoms with van der Waals surface area (Å²) in [6, 6.07) is 17.5. The van der Waals surface area contributed by atoms with Crippen LogP contribution in [0, 0.1) is 40.7 Å². The Hall–Kier alpha value is -5.22. The number of nitro benzene ring substituents is 1. The molecule has 0 spiro atoms. The average Bonchev–Trinajstić information content (AvgIpc) is 3.68. The molecule has 4 aromatic rings. The number of esters is 1. The van der Waals surface area contributed by atoms with Crippen LogP contribution in [0.25, 0.3) is 22.2 Å². The highest BCUT2D eigenvalue weighted by atomic mass is 35.5. The first-order valence-corrected chi connectivity index (χ1v) is 15.1. The van der Waals surface area contributed by atoms with Gasteiger partial charge in [-0.3, -0.25) is 29.4 Å². The Kier molecular flexibility index (Phi) is 7.05. The highest BCUT2D eigenvalue weighted by molar-refractivity contribution is 6.32. The number of benzene rings is 3. The maximum Gasteiger partial charge on any atom is 0.339 e. The van der Waals surface area contributed by atoms with E-state index >= 15 is 0 Å². The van der Waals surface area contributed by atoms with E-state index in [1.807, 2.05) is 19.9 Å². The fraction of sp³-hybridized carbons (Fsp3) is 0.229. The number of hydrogen-bond donors (Lipinski definition) is 0. The van der Waals surface area contributed by atoms with Crippen LogP contribution >= 0.6 is 11.6 Å². The summed E-state index contributed by atoms with van der Waals surface area (Å²) < 4.78 is 5.39. The lowest BCUT2D eigenvalue weighted by molar-refractivity contribution is -0.384. The van der Waals surface area contributed by atoms with E-state index in [2.05, 4.69) is 6.08 Å². The van der Waals surface area contributed by atoms with E-state index in [0.717, 1.165) is 18.1 Å². The maximum absolute atomic E-state index is 13.4. The predicted octanol–water partition coefficient (Wildman–Crippen LogP) is 6.51. The second-order valence-corrected chi connectivity index (χ2v) is 12.4. The molecule has 1 saturated carbocycles. The minimum absolute atomic E-state index is 0.0160. The van der Waals surface area contributed by atoms with Gasteiger partial charge in [0.25, 0.3) is 5.69 Å². The van der Waals surface area contributed by atoms with Crippen molar-refractivity contribution in [3.05, 3.63) is 110 Å². The third-order valence-corrected chi connectivity index (χ3v) is 9.60. The van der Waals surface area contributed by atoms with Gasteiger partial charge in [0.2, 0.25) is 17.6 Å². The number of ether oxygens (including phenoxy) is 1. The fourth-order valence-electron chi connectivity index (χ4n) is 7.08. The van der Waals surface area contributed by atoms with Gasteiger partial charge < -0.3 is 4.74 Å². The van der Waals surface area contributed by atoms with Gasteiger partial charge >= 0.3 is 5.97 Å². The lowest BCUT2D eigenvalue weighted by Crippen LogP contribution is -2.32. The van der Waals surface area contributed by atoms with Crippen LogP contribution < -0.4 is 4.90 Å². The summed E-state index contributed by atoms with van der Waals surface area (Å²) in [7, 11) is 0. The molecule has 10 nitrogen and oxygen atoms in total. The second-order valence-electron chi connectivity index (χ2n) is 12.0. The van der Waals surface area contributed by atoms with Gasteiger partial charge in [-0.25, -0.2) is 9.78 Å². The smallest absolute Gasteiger partial charge is 0.339 e. The number of ketones is 1. The molecule has 11 heteroatoms. The third kappa shape index (κ3) is 4.76. The number of allylic oxidation sites excluding steroid dienone is 2. The van der Waals surface area contributed by atoms with Crippen LogP contribution in [-0.4, -0.2) is 40.1 Å². The first-order valence-electron chi connectivity index (χ1n) is 14.7. The number of Topliss-reactive ketones (excluding diaryl/α,β-unsaturated/α-hetero) is 1. The SMILES string of the molecule is CC1=CC2CC1C1C(=O)N(c3ccc(-c4cc(C(=O)OCC(=O)c5ccc(Cl)c([N+](=O)[O-])c5)c5cc(C)ccc5n4)cc3)C(=O)C21. The van der Waals surface area contributed by atoms with Gasteiger partial charge in [0, 0.05) is 22.6 Å². The standard InChI is InChI=1S/C35H26ClN3O7/c1-17-3-10-27-24(11-17)25(35(43)46-16-30(40)20-6-9-26(36)29(14-20)39(44)45)15-28(37-27)19-4-7-22(8-5-19)38-33(41)31-21-12-18(2)23(13-21)32(31)34(38)42/h3-12,14-15,21,23,31-32H,13,16H2,1-2H3. The van der Waals surface area contributed by atoms with Crippen LogP contribution in [0.2, 0.25) is 5.02 Å². The van der Waals surface area contributed by atoms with Crippen LogP contribution in [-0.2, 0) is 14.3 Å². The van der Waals surface area contributed by atoms with E-state index in [1.165, 1.54) is 22.6 Å². The van der Waals surface area contributed by atoms with Crippen molar-refractivity contribution in [1.29, 1.82) is 0 Å². The van der Waals surface area contributed by atoms with E-state index in [-0.39, 0.29) is 51.6 Å². The van der Waals surface area contributed by atoms with Crippen LogP contribution in [0.15, 0.2) is 78.4 Å². The molecule has 1 saturated heterocycles. The Bertz CT molecular complexity index is 2060. The number of aryl methyl sites for hydroxylation is 1. The summed E-state index contributed by atoms with van der Waals surface area (Å²) >= 11 is 5.85. The van der Waals surface area contributed by atoms with E-state index in [4.69, 9.17) is 21.3 Å². The van der Waals surface area contributed by atoms with E-state index in [1.54, 1.807) is 42.5 Å². The van der Waals surface area contributed by atoms with Crippen LogP contribution in [0.4, 0.5) is 11.4 Å². The molecule has 2 amide bonds. The highest BCUT2D eigenvalue weighted by Crippen LogP contribution is 2.56. The minimum atomic E-state index is -0.772. The molecule has 46 heavy (non-hydrogen) atoms. The maximum atomic E-state index is 13.4. The van der Waals surface area contributed by atoms with Gasteiger partial charge in [0.1, 0.15) is 5.02 Å². The number of imide groups is 1. The molecule has 1 aromatic heterocycles. The Labute approximate surface area is 267 Å². The average molecular weight is 636 g/mol. The number of rotatable bonds is 7. The molecular formula is C35H26ClN3O7. The fourth-order valence-corrected chi connectivity index (χ4v) is 7.27. The summed E-state index contributed by atoms with van der Waals surface area (Å²) in [6.45, 7) is 3.26. The molecule has 2 aliphatic carbocycles. The Morgan fingerprint density at radius 3 is 2.48 bits per heavy atom. The lowest BCUT2D eigenvalue weighted by Gasteiger charge is -2.19. The Morgan fingerprint density at radius 1 is 1.00 bits per heavy atom. The number of fused-ring (bicyclic) bond motifs is 6. The van der Waals surface area contributed by atoms with Crippen molar-refractivity contribution in [2.24, 2.45) is 23.7 Å². The molecule has 0 N–H and O–H groups in total. The Balaban J connectivity index is 1.15. The summed E-state index contributed by atoms with van der Waals surface area (Å²) in [6.07, 6.45) is 3.00. The molecule has 1 aliphatic heterocycles. The molecule has 4 atom stereocenters. The van der Waals surface area contributed by atoms with Crippen molar-refractivity contribution < 1.29 is 28.8 Å². The predicted molar refractivity (Wildman–Crippen MR) is 169 cm³/mol. The zero-order chi connectivity index (χ0) is 32.4. The third-order valence-electron chi connectivity index (χ3n) is 9.29. The number of aromatic nitrogens is 1. The molecule has 230 valence electrons. The number of hydrogen-bond acceptors (Lipinski definition) is 8. The van der Waals surface area contributed by atoms with Gasteiger partial charge in [-0.2, -0.15) is 0 Å². The lowest BCUT2D eigenvalue weighted by atomic mass is 9.82. The van der Waals surface area contributed by atoms with Crippen molar-refractivity contribution in [3.8, 4) is 11.3 Å². The minimum Gasteiger partial charge on any atom is -0.454 e. The monoisotopic (exact) mass is 635 g/mol. The normalized spacial score (nSPS) is 21.5. The van der Waals surface area contributed by atoms with Gasteiger partial charge in [0.15, 0.2) is 6.61 Å². The van der Waals surface area contributed by atoms with Crippen LogP contribution in [0.3, 0.4) is 0 Å². The van der Waals surface area contributed by atoms with E-state index in [0.29, 0.717) is 27.8 Å². The van der Waals surface area contributed by atoms with E-state index in [9.17, 15) is 29.3 Å². The number of carbonyl (C=O) groups excluding carboxylic acids is 4. The zero-order valence-electron chi connectivity index (χ0n) is 24.7.